The number of carbonyl (C=O) groups is 2. The fourth-order valence-corrected chi connectivity index (χ4v) is 3.74. The van der Waals surface area contributed by atoms with Gasteiger partial charge in [0, 0.05) is 12.2 Å². The summed E-state index contributed by atoms with van der Waals surface area (Å²) in [5, 5.41) is 12.6. The highest BCUT2D eigenvalue weighted by Gasteiger charge is 2.20. The number of ether oxygens (including phenoxy) is 2. The van der Waals surface area contributed by atoms with Gasteiger partial charge in [0.25, 0.3) is 5.91 Å². The fourth-order valence-electron chi connectivity index (χ4n) is 2.83. The van der Waals surface area contributed by atoms with Crippen LogP contribution in [-0.4, -0.2) is 41.3 Å². The number of thiazole rings is 1. The van der Waals surface area contributed by atoms with Crippen LogP contribution in [0.3, 0.4) is 0 Å². The number of hydrogen-bond donors (Lipinski definition) is 2. The Bertz CT molecular complexity index is 829. The van der Waals surface area contributed by atoms with Crippen molar-refractivity contribution in [3.05, 3.63) is 45.4 Å². The molecule has 2 heterocycles. The van der Waals surface area contributed by atoms with E-state index >= 15 is 0 Å². The minimum atomic E-state index is -1.01. The average molecular weight is 390 g/mol. The van der Waals surface area contributed by atoms with Crippen molar-refractivity contribution in [2.45, 2.75) is 38.8 Å². The van der Waals surface area contributed by atoms with Crippen LogP contribution in [-0.2, 0) is 4.74 Å². The predicted octanol–water partition coefficient (Wildman–Crippen LogP) is 3.20. The summed E-state index contributed by atoms with van der Waals surface area (Å²) in [7, 11) is 0. The lowest BCUT2D eigenvalue weighted by atomic mass is 10.2. The number of hydrogen-bond acceptors (Lipinski definition) is 6. The van der Waals surface area contributed by atoms with Gasteiger partial charge in [-0.25, -0.2) is 9.78 Å². The van der Waals surface area contributed by atoms with E-state index in [0.29, 0.717) is 28.6 Å². The van der Waals surface area contributed by atoms with Crippen LogP contribution in [0.1, 0.15) is 56.5 Å². The van der Waals surface area contributed by atoms with Crippen LogP contribution in [0.25, 0.3) is 0 Å². The van der Waals surface area contributed by atoms with Gasteiger partial charge < -0.3 is 19.9 Å². The van der Waals surface area contributed by atoms with Crippen molar-refractivity contribution in [2.24, 2.45) is 0 Å². The molecule has 27 heavy (non-hydrogen) atoms. The zero-order valence-corrected chi connectivity index (χ0v) is 16.0. The minimum absolute atomic E-state index is 0.110. The first-order valence-electron chi connectivity index (χ1n) is 8.80. The SMILES string of the molecule is Cc1nc(C(C)NC(=O)c2cccc(OCC3CCCO3)c2)sc1C(=O)O. The first-order valence-corrected chi connectivity index (χ1v) is 9.61. The lowest BCUT2D eigenvalue weighted by Gasteiger charge is -2.14. The van der Waals surface area contributed by atoms with Crippen LogP contribution in [0.4, 0.5) is 0 Å². The second-order valence-corrected chi connectivity index (χ2v) is 7.47. The van der Waals surface area contributed by atoms with Crippen LogP contribution in [0.5, 0.6) is 5.75 Å². The lowest BCUT2D eigenvalue weighted by Crippen LogP contribution is -2.26. The molecule has 2 aromatic rings. The topological polar surface area (TPSA) is 97.8 Å². The molecule has 1 aromatic heterocycles. The van der Waals surface area contributed by atoms with Gasteiger partial charge in [0.05, 0.1) is 17.8 Å². The summed E-state index contributed by atoms with van der Waals surface area (Å²) in [6.07, 6.45) is 2.15. The molecule has 0 bridgehead atoms. The molecule has 2 unspecified atom stereocenters. The summed E-state index contributed by atoms with van der Waals surface area (Å²) in [6, 6.07) is 6.56. The highest BCUT2D eigenvalue weighted by molar-refractivity contribution is 7.13. The van der Waals surface area contributed by atoms with Crippen molar-refractivity contribution < 1.29 is 24.2 Å². The van der Waals surface area contributed by atoms with E-state index in [1.165, 1.54) is 0 Å². The number of aryl methyl sites for hydroxylation is 1. The summed E-state index contributed by atoms with van der Waals surface area (Å²) >= 11 is 1.07. The summed E-state index contributed by atoms with van der Waals surface area (Å²) in [4.78, 5) is 28.1. The molecule has 2 N–H and O–H groups in total. The monoisotopic (exact) mass is 390 g/mol. The van der Waals surface area contributed by atoms with Crippen LogP contribution in [0.2, 0.25) is 0 Å². The van der Waals surface area contributed by atoms with Gasteiger partial charge in [0.1, 0.15) is 22.2 Å². The molecule has 1 aliphatic heterocycles. The predicted molar refractivity (Wildman–Crippen MR) is 101 cm³/mol. The standard InChI is InChI=1S/C19H22N2O5S/c1-11-16(19(23)24)27-18(21-11)12(2)20-17(22)13-5-3-6-14(9-13)26-10-15-7-4-8-25-15/h3,5-6,9,12,15H,4,7-8,10H2,1-2H3,(H,20,22)(H,23,24). The quantitative estimate of drug-likeness (QED) is 0.753. The third-order valence-electron chi connectivity index (χ3n) is 4.28. The highest BCUT2D eigenvalue weighted by Crippen LogP contribution is 2.24. The molecule has 2 atom stereocenters. The number of rotatable bonds is 7. The van der Waals surface area contributed by atoms with Gasteiger partial charge in [-0.3, -0.25) is 4.79 Å². The average Bonchev–Trinajstić information content (AvgIpc) is 3.29. The third kappa shape index (κ3) is 4.84. The summed E-state index contributed by atoms with van der Waals surface area (Å²) in [5.41, 5.74) is 0.923. The normalized spacial score (nSPS) is 17.5. The zero-order valence-electron chi connectivity index (χ0n) is 15.2. The molecule has 0 saturated carbocycles. The first-order chi connectivity index (χ1) is 12.9. The van der Waals surface area contributed by atoms with Gasteiger partial charge in [-0.05, 0) is 44.9 Å². The Labute approximate surface area is 161 Å². The first kappa shape index (κ1) is 19.3. The van der Waals surface area contributed by atoms with Gasteiger partial charge in [-0.15, -0.1) is 11.3 Å². The fraction of sp³-hybridized carbons (Fsp3) is 0.421. The molecule has 1 saturated heterocycles. The number of carbonyl (C=O) groups excluding carboxylic acids is 1. The molecular formula is C19H22N2O5S. The molecular weight excluding hydrogens is 368 g/mol. The van der Waals surface area contributed by atoms with Crippen molar-refractivity contribution in [3.63, 3.8) is 0 Å². The van der Waals surface area contributed by atoms with E-state index < -0.39 is 12.0 Å². The second kappa shape index (κ2) is 8.49. The molecule has 0 radical (unpaired) electrons. The number of aromatic carboxylic acids is 1. The van der Waals surface area contributed by atoms with Crippen molar-refractivity contribution in [2.75, 3.05) is 13.2 Å². The van der Waals surface area contributed by atoms with Gasteiger partial charge in [0.2, 0.25) is 0 Å². The Balaban J connectivity index is 1.62. The van der Waals surface area contributed by atoms with E-state index in [1.807, 2.05) is 0 Å². The molecule has 1 amide bonds. The summed E-state index contributed by atoms with van der Waals surface area (Å²) in [6.45, 7) is 4.67. The highest BCUT2D eigenvalue weighted by atomic mass is 32.1. The van der Waals surface area contributed by atoms with E-state index in [1.54, 1.807) is 38.1 Å². The van der Waals surface area contributed by atoms with E-state index in [0.717, 1.165) is 30.8 Å². The molecule has 1 aliphatic rings. The number of carboxylic acid groups (broad SMARTS) is 1. The number of nitrogens with one attached hydrogen (secondary N) is 1. The number of aromatic nitrogens is 1. The summed E-state index contributed by atoms with van der Waals surface area (Å²) < 4.78 is 11.3. The molecule has 0 spiro atoms. The maximum absolute atomic E-state index is 12.5. The molecule has 1 aromatic carbocycles. The largest absolute Gasteiger partial charge is 0.491 e. The Morgan fingerprint density at radius 1 is 1.48 bits per heavy atom. The Kier molecular flexibility index (Phi) is 6.08. The molecule has 0 aliphatic carbocycles. The maximum atomic E-state index is 12.5. The van der Waals surface area contributed by atoms with Crippen molar-refractivity contribution in [1.82, 2.24) is 10.3 Å². The minimum Gasteiger partial charge on any atom is -0.491 e. The van der Waals surface area contributed by atoms with E-state index in [-0.39, 0.29) is 16.9 Å². The van der Waals surface area contributed by atoms with Gasteiger partial charge in [-0.1, -0.05) is 6.07 Å². The zero-order chi connectivity index (χ0) is 19.4. The number of carboxylic acids is 1. The smallest absolute Gasteiger partial charge is 0.347 e. The van der Waals surface area contributed by atoms with Crippen LogP contribution < -0.4 is 10.1 Å². The molecule has 7 nitrogen and oxygen atoms in total. The Morgan fingerprint density at radius 2 is 2.30 bits per heavy atom. The van der Waals surface area contributed by atoms with Gasteiger partial charge >= 0.3 is 5.97 Å². The van der Waals surface area contributed by atoms with Crippen molar-refractivity contribution in [1.29, 1.82) is 0 Å². The van der Waals surface area contributed by atoms with Gasteiger partial charge in [-0.2, -0.15) is 0 Å². The Morgan fingerprint density at radius 3 is 2.96 bits per heavy atom. The van der Waals surface area contributed by atoms with Crippen LogP contribution >= 0.6 is 11.3 Å². The maximum Gasteiger partial charge on any atom is 0.347 e. The second-order valence-electron chi connectivity index (χ2n) is 6.44. The van der Waals surface area contributed by atoms with Crippen molar-refractivity contribution in [3.8, 4) is 5.75 Å². The molecule has 144 valence electrons. The third-order valence-corrected chi connectivity index (χ3v) is 5.61. The number of benzene rings is 1. The van der Waals surface area contributed by atoms with Crippen LogP contribution in [0, 0.1) is 6.92 Å². The van der Waals surface area contributed by atoms with E-state index in [2.05, 4.69) is 10.3 Å². The van der Waals surface area contributed by atoms with E-state index in [4.69, 9.17) is 14.6 Å². The van der Waals surface area contributed by atoms with Crippen LogP contribution in [0.15, 0.2) is 24.3 Å². The van der Waals surface area contributed by atoms with Crippen molar-refractivity contribution >= 4 is 23.2 Å². The van der Waals surface area contributed by atoms with E-state index in [9.17, 15) is 9.59 Å². The number of nitrogens with zero attached hydrogens (tertiary/aromatic N) is 1. The molecule has 3 rings (SSSR count). The molecule has 8 heteroatoms. The number of amides is 1. The lowest BCUT2D eigenvalue weighted by molar-refractivity contribution is 0.0679. The van der Waals surface area contributed by atoms with Gasteiger partial charge in [0.15, 0.2) is 0 Å². The Hall–Kier alpha value is -2.45. The summed E-state index contributed by atoms with van der Waals surface area (Å²) in [5.74, 6) is -0.662. The molecule has 1 fully saturated rings.